The number of aromatic nitrogens is 1. The summed E-state index contributed by atoms with van der Waals surface area (Å²) in [6, 6.07) is 6.48. The monoisotopic (exact) mass is 244 g/mol. The van der Waals surface area contributed by atoms with Gasteiger partial charge in [0.15, 0.2) is 0 Å². The molecule has 2 rings (SSSR count). The van der Waals surface area contributed by atoms with Gasteiger partial charge in [-0.1, -0.05) is 32.0 Å². The highest BCUT2D eigenvalue weighted by atomic mass is 15.0. The van der Waals surface area contributed by atoms with Gasteiger partial charge in [0.05, 0.1) is 0 Å². The van der Waals surface area contributed by atoms with Gasteiger partial charge in [-0.25, -0.2) is 0 Å². The van der Waals surface area contributed by atoms with Crippen molar-refractivity contribution in [2.45, 2.75) is 34.2 Å². The van der Waals surface area contributed by atoms with Gasteiger partial charge in [0.25, 0.3) is 0 Å². The predicted molar refractivity (Wildman–Crippen MR) is 80.0 cm³/mol. The highest BCUT2D eigenvalue weighted by molar-refractivity contribution is 5.90. The van der Waals surface area contributed by atoms with Crippen LogP contribution >= 0.6 is 0 Å². The largest absolute Gasteiger partial charge is 0.305 e. The highest BCUT2D eigenvalue weighted by Crippen LogP contribution is 2.24. The lowest BCUT2D eigenvalue weighted by molar-refractivity contribution is 0.404. The molecule has 0 aliphatic carbocycles. The third-order valence-electron chi connectivity index (χ3n) is 2.87. The van der Waals surface area contributed by atoms with E-state index in [0.717, 1.165) is 12.2 Å². The molecule has 0 aliphatic heterocycles. The Hall–Kier alpha value is -1.41. The fourth-order valence-electron chi connectivity index (χ4n) is 2.17. The van der Waals surface area contributed by atoms with E-state index in [1.165, 1.54) is 21.9 Å². The zero-order valence-electron chi connectivity index (χ0n) is 12.4. The van der Waals surface area contributed by atoms with Gasteiger partial charge in [0, 0.05) is 23.8 Å². The van der Waals surface area contributed by atoms with E-state index in [4.69, 9.17) is 0 Å². The summed E-state index contributed by atoms with van der Waals surface area (Å²) >= 11 is 0. The SMILES string of the molecule is CC.Cc1ncc(C)c2c(CN(C)C)cccc12. The van der Waals surface area contributed by atoms with Crippen molar-refractivity contribution in [3.63, 3.8) is 0 Å². The van der Waals surface area contributed by atoms with Crippen LogP contribution in [0.3, 0.4) is 0 Å². The first kappa shape index (κ1) is 14.7. The molecule has 18 heavy (non-hydrogen) atoms. The number of hydrogen-bond donors (Lipinski definition) is 0. The van der Waals surface area contributed by atoms with Crippen LogP contribution in [0, 0.1) is 13.8 Å². The van der Waals surface area contributed by atoms with E-state index < -0.39 is 0 Å². The van der Waals surface area contributed by atoms with Gasteiger partial charge in [-0.05, 0) is 44.5 Å². The molecule has 0 aliphatic rings. The van der Waals surface area contributed by atoms with Crippen molar-refractivity contribution in [3.8, 4) is 0 Å². The van der Waals surface area contributed by atoms with Crippen LogP contribution in [0.2, 0.25) is 0 Å². The topological polar surface area (TPSA) is 16.1 Å². The molecule has 0 saturated heterocycles. The van der Waals surface area contributed by atoms with E-state index in [9.17, 15) is 0 Å². The normalized spacial score (nSPS) is 10.4. The molecule has 0 atom stereocenters. The van der Waals surface area contributed by atoms with E-state index in [2.05, 4.69) is 56.0 Å². The Bertz CT molecular complexity index is 516. The standard InChI is InChI=1S/C14H18N2.C2H6/c1-10-8-15-11(2)13-7-5-6-12(14(10)13)9-16(3)4;1-2/h5-8H,9H2,1-4H3;1-2H3. The lowest BCUT2D eigenvalue weighted by atomic mass is 10.0. The maximum absolute atomic E-state index is 4.41. The number of aryl methyl sites for hydroxylation is 2. The van der Waals surface area contributed by atoms with Crippen molar-refractivity contribution in [2.75, 3.05) is 14.1 Å². The Labute approximate surface area is 111 Å². The molecule has 2 aromatic rings. The van der Waals surface area contributed by atoms with E-state index in [-0.39, 0.29) is 0 Å². The summed E-state index contributed by atoms with van der Waals surface area (Å²) in [6.07, 6.45) is 1.97. The van der Waals surface area contributed by atoms with Gasteiger partial charge in [0.1, 0.15) is 0 Å². The molecule has 1 aromatic heterocycles. The first-order valence-corrected chi connectivity index (χ1v) is 6.58. The van der Waals surface area contributed by atoms with Crippen LogP contribution in [0.1, 0.15) is 30.7 Å². The van der Waals surface area contributed by atoms with Crippen molar-refractivity contribution in [1.82, 2.24) is 9.88 Å². The first-order valence-electron chi connectivity index (χ1n) is 6.58. The van der Waals surface area contributed by atoms with Gasteiger partial charge in [0.2, 0.25) is 0 Å². The maximum Gasteiger partial charge on any atom is 0.0451 e. The third kappa shape index (κ3) is 3.08. The van der Waals surface area contributed by atoms with Crippen LogP contribution in [-0.4, -0.2) is 24.0 Å². The fraction of sp³-hybridized carbons (Fsp3) is 0.438. The molecule has 0 bridgehead atoms. The second-order valence-electron chi connectivity index (χ2n) is 4.60. The van der Waals surface area contributed by atoms with Crippen LogP contribution in [0.15, 0.2) is 24.4 Å². The molecule has 0 N–H and O–H groups in total. The van der Waals surface area contributed by atoms with Gasteiger partial charge < -0.3 is 4.90 Å². The van der Waals surface area contributed by atoms with Crippen molar-refractivity contribution in [3.05, 3.63) is 41.2 Å². The molecule has 0 fully saturated rings. The Kier molecular flexibility index (Phi) is 5.29. The molecule has 1 heterocycles. The number of hydrogen-bond acceptors (Lipinski definition) is 2. The number of rotatable bonds is 2. The van der Waals surface area contributed by atoms with Crippen molar-refractivity contribution >= 4 is 10.8 Å². The number of nitrogens with zero attached hydrogens (tertiary/aromatic N) is 2. The predicted octanol–water partition coefficient (Wildman–Crippen LogP) is 3.94. The van der Waals surface area contributed by atoms with Crippen molar-refractivity contribution in [2.24, 2.45) is 0 Å². The lowest BCUT2D eigenvalue weighted by Gasteiger charge is -2.14. The van der Waals surface area contributed by atoms with Crippen LogP contribution < -0.4 is 0 Å². The minimum atomic E-state index is 0.974. The first-order chi connectivity index (χ1) is 8.59. The zero-order chi connectivity index (χ0) is 13.7. The van der Waals surface area contributed by atoms with Crippen LogP contribution in [0.4, 0.5) is 0 Å². The summed E-state index contributed by atoms with van der Waals surface area (Å²) in [7, 11) is 4.20. The van der Waals surface area contributed by atoms with Gasteiger partial charge in [-0.3, -0.25) is 4.98 Å². The zero-order valence-corrected chi connectivity index (χ0v) is 12.4. The Balaban J connectivity index is 0.000000771. The van der Waals surface area contributed by atoms with Crippen LogP contribution in [0.5, 0.6) is 0 Å². The van der Waals surface area contributed by atoms with E-state index in [1.807, 2.05) is 20.0 Å². The molecular weight excluding hydrogens is 220 g/mol. The lowest BCUT2D eigenvalue weighted by Crippen LogP contribution is -2.11. The maximum atomic E-state index is 4.41. The summed E-state index contributed by atoms with van der Waals surface area (Å²) in [5.41, 5.74) is 3.75. The Morgan fingerprint density at radius 1 is 1.11 bits per heavy atom. The second kappa shape index (κ2) is 6.50. The quantitative estimate of drug-likeness (QED) is 0.795. The fourth-order valence-corrected chi connectivity index (χ4v) is 2.17. The summed E-state index contributed by atoms with van der Waals surface area (Å²) in [5.74, 6) is 0. The minimum Gasteiger partial charge on any atom is -0.305 e. The summed E-state index contributed by atoms with van der Waals surface area (Å²) in [6.45, 7) is 9.18. The average molecular weight is 244 g/mol. The smallest absolute Gasteiger partial charge is 0.0451 e. The number of benzene rings is 1. The molecule has 0 unspecified atom stereocenters. The molecule has 0 saturated carbocycles. The second-order valence-corrected chi connectivity index (χ2v) is 4.60. The highest BCUT2D eigenvalue weighted by Gasteiger charge is 2.07. The molecule has 1 aromatic carbocycles. The molecule has 2 heteroatoms. The minimum absolute atomic E-state index is 0.974. The van der Waals surface area contributed by atoms with Crippen LogP contribution in [0.25, 0.3) is 10.8 Å². The molecule has 0 radical (unpaired) electrons. The molecule has 0 amide bonds. The number of pyridine rings is 1. The van der Waals surface area contributed by atoms with Gasteiger partial charge in [-0.2, -0.15) is 0 Å². The Morgan fingerprint density at radius 2 is 1.78 bits per heavy atom. The molecular formula is C16H24N2. The van der Waals surface area contributed by atoms with E-state index in [0.29, 0.717) is 0 Å². The molecule has 2 nitrogen and oxygen atoms in total. The Morgan fingerprint density at radius 3 is 2.39 bits per heavy atom. The van der Waals surface area contributed by atoms with Crippen molar-refractivity contribution < 1.29 is 0 Å². The summed E-state index contributed by atoms with van der Waals surface area (Å²) in [5, 5.41) is 2.64. The van der Waals surface area contributed by atoms with Crippen LogP contribution in [-0.2, 0) is 6.54 Å². The van der Waals surface area contributed by atoms with E-state index >= 15 is 0 Å². The van der Waals surface area contributed by atoms with E-state index in [1.54, 1.807) is 0 Å². The van der Waals surface area contributed by atoms with Gasteiger partial charge >= 0.3 is 0 Å². The molecule has 0 spiro atoms. The summed E-state index contributed by atoms with van der Waals surface area (Å²) in [4.78, 5) is 6.61. The number of fused-ring (bicyclic) bond motifs is 1. The summed E-state index contributed by atoms with van der Waals surface area (Å²) < 4.78 is 0. The van der Waals surface area contributed by atoms with Gasteiger partial charge in [-0.15, -0.1) is 0 Å². The third-order valence-corrected chi connectivity index (χ3v) is 2.87. The average Bonchev–Trinajstić information content (AvgIpc) is 2.36. The van der Waals surface area contributed by atoms with Crippen molar-refractivity contribution in [1.29, 1.82) is 0 Å². The molecule has 98 valence electrons.